The molecular weight excluding hydrogens is 138 g/mol. The van der Waals surface area contributed by atoms with E-state index < -0.39 is 0 Å². The molecule has 1 aliphatic carbocycles. The van der Waals surface area contributed by atoms with Crippen LogP contribution in [0, 0.1) is 5.92 Å². The molecule has 2 nitrogen and oxygen atoms in total. The van der Waals surface area contributed by atoms with Crippen molar-refractivity contribution < 1.29 is 4.74 Å². The molecule has 0 radical (unpaired) electrons. The summed E-state index contributed by atoms with van der Waals surface area (Å²) >= 11 is 0. The summed E-state index contributed by atoms with van der Waals surface area (Å²) in [7, 11) is 0. The molecule has 1 unspecified atom stereocenters. The molecule has 0 saturated heterocycles. The van der Waals surface area contributed by atoms with Crippen molar-refractivity contribution in [3.05, 3.63) is 0 Å². The molecule has 1 fully saturated rings. The lowest BCUT2D eigenvalue weighted by Crippen LogP contribution is -2.42. The first-order valence-electron chi connectivity index (χ1n) is 4.50. The molecule has 0 aromatic heterocycles. The SMILES string of the molecule is CC(C)OC1CC(C(C)N)C1. The normalized spacial score (nSPS) is 33.5. The first-order valence-corrected chi connectivity index (χ1v) is 4.50. The Morgan fingerprint density at radius 2 is 1.82 bits per heavy atom. The molecule has 11 heavy (non-hydrogen) atoms. The predicted octanol–water partition coefficient (Wildman–Crippen LogP) is 1.54. The molecular formula is C9H19NO. The average molecular weight is 157 g/mol. The molecule has 66 valence electrons. The third-order valence-corrected chi connectivity index (χ3v) is 2.34. The van der Waals surface area contributed by atoms with Gasteiger partial charge in [-0.3, -0.25) is 0 Å². The van der Waals surface area contributed by atoms with Crippen LogP contribution in [0.1, 0.15) is 33.6 Å². The van der Waals surface area contributed by atoms with Crippen LogP contribution >= 0.6 is 0 Å². The first-order chi connectivity index (χ1) is 5.09. The summed E-state index contributed by atoms with van der Waals surface area (Å²) in [5, 5.41) is 0. The van der Waals surface area contributed by atoms with E-state index in [0.29, 0.717) is 24.2 Å². The standard InChI is InChI=1S/C9H19NO/c1-6(2)11-9-4-8(5-9)7(3)10/h6-9H,4-5,10H2,1-3H3. The van der Waals surface area contributed by atoms with E-state index >= 15 is 0 Å². The molecule has 0 spiro atoms. The maximum Gasteiger partial charge on any atom is 0.0585 e. The van der Waals surface area contributed by atoms with Crippen molar-refractivity contribution in [2.24, 2.45) is 11.7 Å². The van der Waals surface area contributed by atoms with E-state index in [1.165, 1.54) is 0 Å². The van der Waals surface area contributed by atoms with Gasteiger partial charge in [0.15, 0.2) is 0 Å². The van der Waals surface area contributed by atoms with Crippen LogP contribution in [0.3, 0.4) is 0 Å². The van der Waals surface area contributed by atoms with Crippen molar-refractivity contribution >= 4 is 0 Å². The third-order valence-electron chi connectivity index (χ3n) is 2.34. The fourth-order valence-electron chi connectivity index (χ4n) is 1.53. The Bertz CT molecular complexity index is 117. The van der Waals surface area contributed by atoms with Gasteiger partial charge in [-0.05, 0) is 39.5 Å². The lowest BCUT2D eigenvalue weighted by Gasteiger charge is -2.38. The Morgan fingerprint density at radius 3 is 2.18 bits per heavy atom. The number of rotatable bonds is 3. The summed E-state index contributed by atoms with van der Waals surface area (Å²) in [4.78, 5) is 0. The molecule has 0 aromatic carbocycles. The fourth-order valence-corrected chi connectivity index (χ4v) is 1.53. The minimum atomic E-state index is 0.349. The zero-order valence-corrected chi connectivity index (χ0v) is 7.71. The van der Waals surface area contributed by atoms with Crippen LogP contribution in [0.5, 0.6) is 0 Å². The fraction of sp³-hybridized carbons (Fsp3) is 1.00. The monoisotopic (exact) mass is 157 g/mol. The van der Waals surface area contributed by atoms with E-state index in [1.807, 2.05) is 0 Å². The molecule has 2 heteroatoms. The zero-order chi connectivity index (χ0) is 8.43. The van der Waals surface area contributed by atoms with Crippen molar-refractivity contribution in [3.63, 3.8) is 0 Å². The summed E-state index contributed by atoms with van der Waals surface area (Å²) in [6.45, 7) is 6.24. The van der Waals surface area contributed by atoms with Gasteiger partial charge in [0.1, 0.15) is 0 Å². The molecule has 0 amide bonds. The van der Waals surface area contributed by atoms with Crippen LogP contribution in [0.15, 0.2) is 0 Å². The second-order valence-corrected chi connectivity index (χ2v) is 3.90. The van der Waals surface area contributed by atoms with Gasteiger partial charge in [0, 0.05) is 6.04 Å². The summed E-state index contributed by atoms with van der Waals surface area (Å²) < 4.78 is 5.61. The van der Waals surface area contributed by atoms with Crippen molar-refractivity contribution in [1.29, 1.82) is 0 Å². The molecule has 0 heterocycles. The second kappa shape index (κ2) is 3.55. The highest BCUT2D eigenvalue weighted by Crippen LogP contribution is 2.32. The number of nitrogens with two attached hydrogens (primary N) is 1. The van der Waals surface area contributed by atoms with Crippen LogP contribution in [-0.4, -0.2) is 18.2 Å². The lowest BCUT2D eigenvalue weighted by molar-refractivity contribution is -0.0658. The average Bonchev–Trinajstić information content (AvgIpc) is 1.75. The van der Waals surface area contributed by atoms with Gasteiger partial charge in [-0.2, -0.15) is 0 Å². The van der Waals surface area contributed by atoms with Crippen molar-refractivity contribution in [2.75, 3.05) is 0 Å². The molecule has 0 aromatic rings. The summed E-state index contributed by atoms with van der Waals surface area (Å²) in [6, 6.07) is 0.349. The zero-order valence-electron chi connectivity index (χ0n) is 7.71. The molecule has 2 N–H and O–H groups in total. The highest BCUT2D eigenvalue weighted by Gasteiger charge is 2.32. The first kappa shape index (κ1) is 9.01. The smallest absolute Gasteiger partial charge is 0.0585 e. The topological polar surface area (TPSA) is 35.2 Å². The molecule has 1 rings (SSSR count). The van der Waals surface area contributed by atoms with Gasteiger partial charge >= 0.3 is 0 Å². The van der Waals surface area contributed by atoms with E-state index in [1.54, 1.807) is 0 Å². The van der Waals surface area contributed by atoms with E-state index in [2.05, 4.69) is 20.8 Å². The molecule has 1 atom stereocenters. The second-order valence-electron chi connectivity index (χ2n) is 3.90. The summed E-state index contributed by atoms with van der Waals surface area (Å²) in [6.07, 6.45) is 3.19. The Hall–Kier alpha value is -0.0800. The van der Waals surface area contributed by atoms with Crippen molar-refractivity contribution in [1.82, 2.24) is 0 Å². The van der Waals surface area contributed by atoms with Gasteiger partial charge in [-0.25, -0.2) is 0 Å². The highest BCUT2D eigenvalue weighted by molar-refractivity contribution is 4.85. The lowest BCUT2D eigenvalue weighted by atomic mass is 9.78. The Morgan fingerprint density at radius 1 is 1.27 bits per heavy atom. The minimum absolute atomic E-state index is 0.349. The maximum atomic E-state index is 5.74. The highest BCUT2D eigenvalue weighted by atomic mass is 16.5. The molecule has 0 bridgehead atoms. The quantitative estimate of drug-likeness (QED) is 0.674. The minimum Gasteiger partial charge on any atom is -0.376 e. The van der Waals surface area contributed by atoms with Crippen LogP contribution in [0.2, 0.25) is 0 Å². The van der Waals surface area contributed by atoms with Gasteiger partial charge in [-0.15, -0.1) is 0 Å². The van der Waals surface area contributed by atoms with Crippen molar-refractivity contribution in [2.45, 2.75) is 51.9 Å². The van der Waals surface area contributed by atoms with E-state index in [9.17, 15) is 0 Å². The van der Waals surface area contributed by atoms with Gasteiger partial charge in [0.05, 0.1) is 12.2 Å². The van der Waals surface area contributed by atoms with E-state index in [-0.39, 0.29) is 0 Å². The molecule has 0 aliphatic heterocycles. The van der Waals surface area contributed by atoms with Crippen LogP contribution in [-0.2, 0) is 4.74 Å². The number of ether oxygens (including phenoxy) is 1. The Kier molecular flexibility index (Phi) is 2.90. The van der Waals surface area contributed by atoms with Gasteiger partial charge in [0.2, 0.25) is 0 Å². The Labute approximate surface area is 69.1 Å². The van der Waals surface area contributed by atoms with Crippen molar-refractivity contribution in [3.8, 4) is 0 Å². The number of hydrogen-bond acceptors (Lipinski definition) is 2. The van der Waals surface area contributed by atoms with Crippen LogP contribution in [0.4, 0.5) is 0 Å². The van der Waals surface area contributed by atoms with Crippen LogP contribution < -0.4 is 5.73 Å². The number of hydrogen-bond donors (Lipinski definition) is 1. The van der Waals surface area contributed by atoms with Gasteiger partial charge < -0.3 is 10.5 Å². The predicted molar refractivity (Wildman–Crippen MR) is 46.4 cm³/mol. The molecule has 1 aliphatic rings. The van der Waals surface area contributed by atoms with Gasteiger partial charge in [-0.1, -0.05) is 0 Å². The third kappa shape index (κ3) is 2.46. The Balaban J connectivity index is 2.09. The van der Waals surface area contributed by atoms with Gasteiger partial charge in [0.25, 0.3) is 0 Å². The van der Waals surface area contributed by atoms with E-state index in [4.69, 9.17) is 10.5 Å². The van der Waals surface area contributed by atoms with E-state index in [0.717, 1.165) is 12.8 Å². The largest absolute Gasteiger partial charge is 0.376 e. The van der Waals surface area contributed by atoms with Crippen LogP contribution in [0.25, 0.3) is 0 Å². The molecule has 1 saturated carbocycles. The maximum absolute atomic E-state index is 5.74. The summed E-state index contributed by atoms with van der Waals surface area (Å²) in [5.74, 6) is 0.707. The summed E-state index contributed by atoms with van der Waals surface area (Å²) in [5.41, 5.74) is 5.74.